The van der Waals surface area contributed by atoms with E-state index in [1.165, 1.54) is 0 Å². The average Bonchev–Trinajstić information content (AvgIpc) is 2.93. The van der Waals surface area contributed by atoms with Crippen molar-refractivity contribution >= 4 is 11.8 Å². The van der Waals surface area contributed by atoms with Gasteiger partial charge in [-0.25, -0.2) is 0 Å². The van der Waals surface area contributed by atoms with Gasteiger partial charge in [0.15, 0.2) is 0 Å². The van der Waals surface area contributed by atoms with Gasteiger partial charge in [-0.1, -0.05) is 24.3 Å². The number of carbonyl (C=O) groups excluding carboxylic acids is 2. The average molecular weight is 382 g/mol. The Kier molecular flexibility index (Phi) is 6.73. The number of hydrogen-bond acceptors (Lipinski definition) is 5. The van der Waals surface area contributed by atoms with Crippen molar-refractivity contribution in [1.82, 2.24) is 20.1 Å². The fourth-order valence-corrected chi connectivity index (χ4v) is 3.30. The summed E-state index contributed by atoms with van der Waals surface area (Å²) in [5.74, 6) is -0.941. The molecule has 0 bridgehead atoms. The van der Waals surface area contributed by atoms with E-state index in [1.54, 1.807) is 35.2 Å². The molecule has 0 aliphatic carbocycles. The Balaban J connectivity index is 1.52. The van der Waals surface area contributed by atoms with Crippen LogP contribution >= 0.6 is 0 Å². The quantitative estimate of drug-likeness (QED) is 0.759. The standard InChI is InChI=1S/C21H26N4O3/c1-16-7-5-10-18(22-16)15-24-11-6-12-25(14-13-24)21(28)20(27)23-19(26)17-8-3-2-4-9-17/h2-5,7-10,20,27H,6,11-15H2,1H3,(H,23,26). The van der Waals surface area contributed by atoms with Gasteiger partial charge in [0, 0.05) is 44.0 Å². The summed E-state index contributed by atoms with van der Waals surface area (Å²) in [6.07, 6.45) is -0.741. The first-order valence-electron chi connectivity index (χ1n) is 9.50. The lowest BCUT2D eigenvalue weighted by atomic mass is 10.2. The number of rotatable bonds is 5. The molecule has 2 amide bonds. The zero-order valence-electron chi connectivity index (χ0n) is 16.0. The van der Waals surface area contributed by atoms with Crippen LogP contribution in [0.5, 0.6) is 0 Å². The summed E-state index contributed by atoms with van der Waals surface area (Å²) in [7, 11) is 0. The molecule has 0 saturated carbocycles. The summed E-state index contributed by atoms with van der Waals surface area (Å²) >= 11 is 0. The van der Waals surface area contributed by atoms with Crippen molar-refractivity contribution in [2.24, 2.45) is 0 Å². The molecule has 28 heavy (non-hydrogen) atoms. The largest absolute Gasteiger partial charge is 0.365 e. The SMILES string of the molecule is Cc1cccc(CN2CCCN(C(=O)C(O)NC(=O)c3ccccc3)CC2)n1. The van der Waals surface area contributed by atoms with Gasteiger partial charge in [0.25, 0.3) is 11.8 Å². The van der Waals surface area contributed by atoms with Crippen LogP contribution in [0.1, 0.15) is 28.2 Å². The van der Waals surface area contributed by atoms with Gasteiger partial charge in [-0.2, -0.15) is 0 Å². The molecule has 2 N–H and O–H groups in total. The normalized spacial score (nSPS) is 16.3. The van der Waals surface area contributed by atoms with Crippen LogP contribution in [0.4, 0.5) is 0 Å². The molecular formula is C21H26N4O3. The number of aliphatic hydroxyl groups excluding tert-OH is 1. The van der Waals surface area contributed by atoms with Gasteiger partial charge in [0.2, 0.25) is 6.23 Å². The second-order valence-corrected chi connectivity index (χ2v) is 6.97. The minimum Gasteiger partial charge on any atom is -0.365 e. The molecule has 1 atom stereocenters. The van der Waals surface area contributed by atoms with Crippen molar-refractivity contribution in [2.45, 2.75) is 26.1 Å². The van der Waals surface area contributed by atoms with Crippen molar-refractivity contribution < 1.29 is 14.7 Å². The lowest BCUT2D eigenvalue weighted by Crippen LogP contribution is -2.49. The molecule has 1 fully saturated rings. The van der Waals surface area contributed by atoms with Crippen LogP contribution in [0, 0.1) is 6.92 Å². The van der Waals surface area contributed by atoms with Crippen molar-refractivity contribution in [1.29, 1.82) is 0 Å². The first-order valence-corrected chi connectivity index (χ1v) is 9.50. The minimum absolute atomic E-state index is 0.405. The third-order valence-electron chi connectivity index (χ3n) is 4.77. The molecule has 1 unspecified atom stereocenters. The molecule has 2 heterocycles. The number of benzene rings is 1. The van der Waals surface area contributed by atoms with Crippen LogP contribution in [0.2, 0.25) is 0 Å². The number of carbonyl (C=O) groups is 2. The van der Waals surface area contributed by atoms with Crippen LogP contribution in [0.3, 0.4) is 0 Å². The number of hydrogen-bond donors (Lipinski definition) is 2. The Hall–Kier alpha value is -2.77. The predicted octanol–water partition coefficient (Wildman–Crippen LogP) is 1.17. The van der Waals surface area contributed by atoms with E-state index in [-0.39, 0.29) is 0 Å². The molecule has 7 nitrogen and oxygen atoms in total. The molecule has 1 aromatic carbocycles. The van der Waals surface area contributed by atoms with Crippen molar-refractivity contribution in [2.75, 3.05) is 26.2 Å². The fourth-order valence-electron chi connectivity index (χ4n) is 3.30. The third kappa shape index (κ3) is 5.37. The fraction of sp³-hybridized carbons (Fsp3) is 0.381. The summed E-state index contributed by atoms with van der Waals surface area (Å²) in [6.45, 7) is 5.30. The molecule has 148 valence electrons. The molecule has 7 heteroatoms. The Morgan fingerprint density at radius 1 is 1.07 bits per heavy atom. The lowest BCUT2D eigenvalue weighted by molar-refractivity contribution is -0.141. The monoisotopic (exact) mass is 382 g/mol. The van der Waals surface area contributed by atoms with E-state index in [2.05, 4.69) is 15.2 Å². The molecule has 2 aromatic rings. The van der Waals surface area contributed by atoms with Crippen LogP contribution < -0.4 is 5.32 Å². The molecule has 1 saturated heterocycles. The van der Waals surface area contributed by atoms with Crippen LogP contribution in [0.15, 0.2) is 48.5 Å². The van der Waals surface area contributed by atoms with Gasteiger partial charge in [-0.05, 0) is 37.6 Å². The van der Waals surface area contributed by atoms with E-state index in [0.717, 1.165) is 30.9 Å². The lowest BCUT2D eigenvalue weighted by Gasteiger charge is -2.24. The molecule has 1 aliphatic rings. The maximum absolute atomic E-state index is 12.6. The van der Waals surface area contributed by atoms with Crippen molar-refractivity contribution in [3.63, 3.8) is 0 Å². The topological polar surface area (TPSA) is 85.8 Å². The number of nitrogens with one attached hydrogen (secondary N) is 1. The van der Waals surface area contributed by atoms with E-state index in [0.29, 0.717) is 25.2 Å². The maximum atomic E-state index is 12.6. The van der Waals surface area contributed by atoms with E-state index >= 15 is 0 Å². The number of nitrogens with zero attached hydrogens (tertiary/aromatic N) is 3. The summed E-state index contributed by atoms with van der Waals surface area (Å²) in [5.41, 5.74) is 2.40. The number of aliphatic hydroxyl groups is 1. The summed E-state index contributed by atoms with van der Waals surface area (Å²) in [5, 5.41) is 12.6. The van der Waals surface area contributed by atoms with Crippen LogP contribution in [-0.4, -0.2) is 64.1 Å². The highest BCUT2D eigenvalue weighted by Crippen LogP contribution is 2.09. The van der Waals surface area contributed by atoms with Gasteiger partial charge in [-0.3, -0.25) is 19.5 Å². The van der Waals surface area contributed by atoms with E-state index in [4.69, 9.17) is 0 Å². The number of pyridine rings is 1. The second kappa shape index (κ2) is 9.43. The van der Waals surface area contributed by atoms with Gasteiger partial charge >= 0.3 is 0 Å². The van der Waals surface area contributed by atoms with Crippen molar-refractivity contribution in [3.8, 4) is 0 Å². The molecule has 1 aliphatic heterocycles. The zero-order chi connectivity index (χ0) is 19.9. The Morgan fingerprint density at radius 3 is 2.61 bits per heavy atom. The third-order valence-corrected chi connectivity index (χ3v) is 4.77. The number of aryl methyl sites for hydroxylation is 1. The Bertz CT molecular complexity index is 812. The van der Waals surface area contributed by atoms with Gasteiger partial charge in [0.1, 0.15) is 0 Å². The van der Waals surface area contributed by atoms with Crippen LogP contribution in [-0.2, 0) is 11.3 Å². The highest BCUT2D eigenvalue weighted by Gasteiger charge is 2.26. The summed E-state index contributed by atoms with van der Waals surface area (Å²) in [6, 6.07) is 14.5. The van der Waals surface area contributed by atoms with Crippen molar-refractivity contribution in [3.05, 3.63) is 65.5 Å². The van der Waals surface area contributed by atoms with E-state index in [9.17, 15) is 14.7 Å². The highest BCUT2D eigenvalue weighted by molar-refractivity contribution is 5.97. The smallest absolute Gasteiger partial charge is 0.272 e. The summed E-state index contributed by atoms with van der Waals surface area (Å²) < 4.78 is 0. The minimum atomic E-state index is -1.54. The predicted molar refractivity (Wildman–Crippen MR) is 105 cm³/mol. The van der Waals surface area contributed by atoms with Gasteiger partial charge in [-0.15, -0.1) is 0 Å². The van der Waals surface area contributed by atoms with Gasteiger partial charge < -0.3 is 15.3 Å². The number of amides is 2. The molecule has 1 aromatic heterocycles. The van der Waals surface area contributed by atoms with Crippen LogP contribution in [0.25, 0.3) is 0 Å². The first kappa shape index (κ1) is 20.0. The zero-order valence-corrected chi connectivity index (χ0v) is 16.0. The number of aromatic nitrogens is 1. The van der Waals surface area contributed by atoms with E-state index in [1.807, 2.05) is 25.1 Å². The van der Waals surface area contributed by atoms with Gasteiger partial charge in [0.05, 0.1) is 5.69 Å². The summed E-state index contributed by atoms with van der Waals surface area (Å²) in [4.78, 5) is 33.1. The maximum Gasteiger partial charge on any atom is 0.272 e. The molecule has 3 rings (SSSR count). The Labute approximate surface area is 165 Å². The highest BCUT2D eigenvalue weighted by atomic mass is 16.3. The molecular weight excluding hydrogens is 356 g/mol. The molecule has 0 radical (unpaired) electrons. The second-order valence-electron chi connectivity index (χ2n) is 6.97. The molecule has 0 spiro atoms. The first-order chi connectivity index (χ1) is 13.5. The Morgan fingerprint density at radius 2 is 1.86 bits per heavy atom. The van der Waals surface area contributed by atoms with E-state index < -0.39 is 18.0 Å².